The number of aryl methyl sites for hydroxylation is 2. The van der Waals surface area contributed by atoms with Gasteiger partial charge < -0.3 is 0 Å². The Hall–Kier alpha value is -2.68. The normalized spacial score (nSPS) is 10.9. The minimum atomic E-state index is -0.154. The molecular weight excluding hydrogens is 438 g/mol. The van der Waals surface area contributed by atoms with Gasteiger partial charge in [-0.1, -0.05) is 64.5 Å². The third-order valence-corrected chi connectivity index (χ3v) is 6.23. The topological polar surface area (TPSA) is 72.7 Å². The second kappa shape index (κ2) is 8.99. The zero-order chi connectivity index (χ0) is 21.1. The van der Waals surface area contributed by atoms with Gasteiger partial charge in [0.15, 0.2) is 5.16 Å². The van der Waals surface area contributed by atoms with Crippen molar-refractivity contribution in [1.82, 2.24) is 19.7 Å². The molecule has 0 spiro atoms. The van der Waals surface area contributed by atoms with Gasteiger partial charge in [0.1, 0.15) is 5.01 Å². The van der Waals surface area contributed by atoms with Gasteiger partial charge in [-0.05, 0) is 38.1 Å². The number of aromatic nitrogens is 4. The minimum absolute atomic E-state index is 0.154. The van der Waals surface area contributed by atoms with E-state index in [1.165, 1.54) is 28.7 Å². The number of carbonyl (C=O) groups is 1. The van der Waals surface area contributed by atoms with E-state index in [-0.39, 0.29) is 11.7 Å². The van der Waals surface area contributed by atoms with Crippen LogP contribution in [-0.4, -0.2) is 31.4 Å². The van der Waals surface area contributed by atoms with Crippen LogP contribution in [0, 0.1) is 13.8 Å². The van der Waals surface area contributed by atoms with E-state index in [4.69, 9.17) is 11.6 Å². The Morgan fingerprint density at radius 1 is 1.10 bits per heavy atom. The van der Waals surface area contributed by atoms with Gasteiger partial charge in [0, 0.05) is 16.3 Å². The number of thioether (sulfide) groups is 1. The predicted molar refractivity (Wildman–Crippen MR) is 123 cm³/mol. The standard InChI is InChI=1S/C21H18ClN5OS2/c1-13-3-5-15(6-4-13)18-11-23-21(27(18)17-9-7-16(22)8-10-17)29-12-19(28)24-20-26-25-14(2)30-20/h3-11H,12H2,1-2H3,(H,24,26,28). The first-order valence-electron chi connectivity index (χ1n) is 9.13. The average Bonchev–Trinajstić information content (AvgIpc) is 3.34. The fourth-order valence-corrected chi connectivity index (χ4v) is 4.36. The molecule has 0 atom stereocenters. The second-order valence-electron chi connectivity index (χ2n) is 6.57. The number of halogens is 1. The second-order valence-corrected chi connectivity index (χ2v) is 9.13. The molecule has 2 aromatic heterocycles. The van der Waals surface area contributed by atoms with Crippen LogP contribution in [0.5, 0.6) is 0 Å². The molecule has 30 heavy (non-hydrogen) atoms. The SMILES string of the molecule is Cc1ccc(-c2cnc(SCC(=O)Nc3nnc(C)s3)n2-c2ccc(Cl)cc2)cc1. The number of rotatable bonds is 6. The zero-order valence-electron chi connectivity index (χ0n) is 16.3. The fourth-order valence-electron chi connectivity index (χ4n) is 2.84. The van der Waals surface area contributed by atoms with Gasteiger partial charge in [0.2, 0.25) is 11.0 Å². The Labute approximate surface area is 187 Å². The molecule has 6 nitrogen and oxygen atoms in total. The summed E-state index contributed by atoms with van der Waals surface area (Å²) < 4.78 is 2.04. The smallest absolute Gasteiger partial charge is 0.236 e. The van der Waals surface area contributed by atoms with Crippen molar-refractivity contribution in [1.29, 1.82) is 0 Å². The van der Waals surface area contributed by atoms with Crippen LogP contribution in [0.25, 0.3) is 16.9 Å². The molecule has 0 radical (unpaired) electrons. The molecule has 4 rings (SSSR count). The monoisotopic (exact) mass is 455 g/mol. The number of carbonyl (C=O) groups excluding carboxylic acids is 1. The van der Waals surface area contributed by atoms with E-state index in [0.717, 1.165) is 27.1 Å². The summed E-state index contributed by atoms with van der Waals surface area (Å²) in [6.07, 6.45) is 1.83. The third-order valence-electron chi connectivity index (χ3n) is 4.27. The highest BCUT2D eigenvalue weighted by Crippen LogP contribution is 2.30. The number of hydrogen-bond donors (Lipinski definition) is 1. The molecule has 0 saturated carbocycles. The van der Waals surface area contributed by atoms with Crippen LogP contribution in [0.15, 0.2) is 59.9 Å². The summed E-state index contributed by atoms with van der Waals surface area (Å²) in [7, 11) is 0. The van der Waals surface area contributed by atoms with E-state index in [9.17, 15) is 4.79 Å². The van der Waals surface area contributed by atoms with E-state index in [1.54, 1.807) is 0 Å². The summed E-state index contributed by atoms with van der Waals surface area (Å²) in [6, 6.07) is 15.8. The maximum absolute atomic E-state index is 12.4. The molecule has 0 aliphatic carbocycles. The molecule has 4 aromatic rings. The number of hydrogen-bond acceptors (Lipinski definition) is 6. The molecule has 2 heterocycles. The highest BCUT2D eigenvalue weighted by atomic mass is 35.5. The van der Waals surface area contributed by atoms with Crippen LogP contribution < -0.4 is 5.32 Å². The van der Waals surface area contributed by atoms with Gasteiger partial charge in [0.25, 0.3) is 0 Å². The van der Waals surface area contributed by atoms with Crippen molar-refractivity contribution in [3.05, 3.63) is 70.3 Å². The summed E-state index contributed by atoms with van der Waals surface area (Å²) in [4.78, 5) is 16.9. The van der Waals surface area contributed by atoms with Crippen molar-refractivity contribution in [3.8, 4) is 16.9 Å². The molecule has 0 fully saturated rings. The lowest BCUT2D eigenvalue weighted by molar-refractivity contribution is -0.113. The Morgan fingerprint density at radius 2 is 1.83 bits per heavy atom. The van der Waals surface area contributed by atoms with Crippen molar-refractivity contribution in [2.75, 3.05) is 11.1 Å². The van der Waals surface area contributed by atoms with Crippen molar-refractivity contribution >= 4 is 45.7 Å². The summed E-state index contributed by atoms with van der Waals surface area (Å²) >= 11 is 8.78. The Balaban J connectivity index is 1.61. The van der Waals surface area contributed by atoms with Gasteiger partial charge in [-0.25, -0.2) is 4.98 Å². The molecule has 0 aliphatic rings. The maximum atomic E-state index is 12.4. The van der Waals surface area contributed by atoms with Gasteiger partial charge >= 0.3 is 0 Å². The number of imidazole rings is 1. The van der Waals surface area contributed by atoms with Gasteiger partial charge in [0.05, 0.1) is 17.6 Å². The van der Waals surface area contributed by atoms with Crippen molar-refractivity contribution in [2.45, 2.75) is 19.0 Å². The fraction of sp³-hybridized carbons (Fsp3) is 0.143. The van der Waals surface area contributed by atoms with E-state index in [0.29, 0.717) is 10.2 Å². The van der Waals surface area contributed by atoms with Crippen molar-refractivity contribution < 1.29 is 4.79 Å². The van der Waals surface area contributed by atoms with Crippen LogP contribution in [0.2, 0.25) is 5.02 Å². The number of anilines is 1. The molecule has 0 bridgehead atoms. The Bertz CT molecular complexity index is 1170. The first-order valence-corrected chi connectivity index (χ1v) is 11.3. The quantitative estimate of drug-likeness (QED) is 0.394. The van der Waals surface area contributed by atoms with E-state index in [1.807, 2.05) is 42.0 Å². The van der Waals surface area contributed by atoms with Crippen LogP contribution in [0.3, 0.4) is 0 Å². The first-order chi connectivity index (χ1) is 14.5. The molecule has 152 valence electrons. The third kappa shape index (κ3) is 4.72. The molecule has 1 N–H and O–H groups in total. The van der Waals surface area contributed by atoms with Gasteiger partial charge in [-0.2, -0.15) is 0 Å². The largest absolute Gasteiger partial charge is 0.300 e. The van der Waals surface area contributed by atoms with Crippen LogP contribution in [-0.2, 0) is 4.79 Å². The average molecular weight is 456 g/mol. The predicted octanol–water partition coefficient (Wildman–Crippen LogP) is 5.39. The Morgan fingerprint density at radius 3 is 2.50 bits per heavy atom. The number of benzene rings is 2. The highest BCUT2D eigenvalue weighted by molar-refractivity contribution is 7.99. The first kappa shape index (κ1) is 20.6. The van der Waals surface area contributed by atoms with E-state index in [2.05, 4.69) is 51.7 Å². The summed E-state index contributed by atoms with van der Waals surface area (Å²) in [5.74, 6) is 0.0509. The van der Waals surface area contributed by atoms with Crippen LogP contribution in [0.1, 0.15) is 10.6 Å². The van der Waals surface area contributed by atoms with Crippen LogP contribution in [0.4, 0.5) is 5.13 Å². The van der Waals surface area contributed by atoms with Crippen LogP contribution >= 0.6 is 34.7 Å². The summed E-state index contributed by atoms with van der Waals surface area (Å²) in [5.41, 5.74) is 4.10. The molecule has 0 aliphatic heterocycles. The number of nitrogens with zero attached hydrogens (tertiary/aromatic N) is 4. The molecule has 1 amide bonds. The maximum Gasteiger partial charge on any atom is 0.236 e. The highest BCUT2D eigenvalue weighted by Gasteiger charge is 2.16. The minimum Gasteiger partial charge on any atom is -0.300 e. The lowest BCUT2D eigenvalue weighted by atomic mass is 10.1. The van der Waals surface area contributed by atoms with Gasteiger partial charge in [-0.15, -0.1) is 10.2 Å². The molecular formula is C21H18ClN5OS2. The number of amides is 1. The van der Waals surface area contributed by atoms with Crippen molar-refractivity contribution in [2.24, 2.45) is 0 Å². The molecule has 9 heteroatoms. The number of nitrogens with one attached hydrogen (secondary N) is 1. The van der Waals surface area contributed by atoms with E-state index < -0.39 is 0 Å². The molecule has 0 unspecified atom stereocenters. The summed E-state index contributed by atoms with van der Waals surface area (Å²) in [5, 5.41) is 13.3. The summed E-state index contributed by atoms with van der Waals surface area (Å²) in [6.45, 7) is 3.90. The van der Waals surface area contributed by atoms with Crippen molar-refractivity contribution in [3.63, 3.8) is 0 Å². The van der Waals surface area contributed by atoms with Gasteiger partial charge in [-0.3, -0.25) is 14.7 Å². The molecule has 2 aromatic carbocycles. The zero-order valence-corrected chi connectivity index (χ0v) is 18.7. The van der Waals surface area contributed by atoms with E-state index >= 15 is 0 Å². The lowest BCUT2D eigenvalue weighted by Gasteiger charge is -2.12. The lowest BCUT2D eigenvalue weighted by Crippen LogP contribution is -2.14. The molecule has 0 saturated heterocycles. The Kier molecular flexibility index (Phi) is 6.17.